The van der Waals surface area contributed by atoms with E-state index in [2.05, 4.69) is 20.2 Å². The molecular weight excluding hydrogens is 222 g/mol. The largest absolute Gasteiger partial charge is 0.331 e. The molecule has 3 rings (SSSR count). The Hall–Kier alpha value is -1.95. The normalized spacial score (nSPS) is 10.8. The smallest absolute Gasteiger partial charge is 0.199 e. The predicted molar refractivity (Wildman–Crippen MR) is 61.9 cm³/mol. The second kappa shape index (κ2) is 3.57. The molecule has 6 heteroatoms. The van der Waals surface area contributed by atoms with E-state index in [1.807, 2.05) is 29.1 Å². The number of hydrogen-bond donors (Lipinski definition) is 1. The summed E-state index contributed by atoms with van der Waals surface area (Å²) in [7, 11) is 1.92. The number of hydrogen-bond acceptors (Lipinski definition) is 4. The molecule has 0 aromatic carbocycles. The highest BCUT2D eigenvalue weighted by Gasteiger charge is 2.10. The minimum absolute atomic E-state index is 0.670. The fraction of sp³-hybridized carbons (Fsp3) is 0.100. The van der Waals surface area contributed by atoms with Crippen LogP contribution in [0.3, 0.4) is 0 Å². The average molecular weight is 231 g/mol. The summed E-state index contributed by atoms with van der Waals surface area (Å²) >= 11 is 1.63. The van der Waals surface area contributed by atoms with Gasteiger partial charge in [0.15, 0.2) is 11.6 Å². The highest BCUT2D eigenvalue weighted by molar-refractivity contribution is 7.13. The third-order valence-corrected chi connectivity index (χ3v) is 3.16. The summed E-state index contributed by atoms with van der Waals surface area (Å²) in [4.78, 5) is 9.56. The van der Waals surface area contributed by atoms with Crippen molar-refractivity contribution in [1.29, 1.82) is 0 Å². The number of rotatable bonds is 2. The van der Waals surface area contributed by atoms with Gasteiger partial charge in [-0.05, 0) is 11.4 Å². The van der Waals surface area contributed by atoms with E-state index in [9.17, 15) is 0 Å². The van der Waals surface area contributed by atoms with Crippen molar-refractivity contribution >= 4 is 11.3 Å². The Labute approximate surface area is 95.8 Å². The molecule has 16 heavy (non-hydrogen) atoms. The second-order valence-electron chi connectivity index (χ2n) is 3.37. The maximum Gasteiger partial charge on any atom is 0.199 e. The fourth-order valence-corrected chi connectivity index (χ4v) is 2.14. The van der Waals surface area contributed by atoms with Crippen molar-refractivity contribution in [3.8, 4) is 22.2 Å². The van der Waals surface area contributed by atoms with Crippen LogP contribution in [0.5, 0.6) is 0 Å². The van der Waals surface area contributed by atoms with Gasteiger partial charge in [-0.2, -0.15) is 5.10 Å². The monoisotopic (exact) mass is 231 g/mol. The molecule has 0 aliphatic rings. The van der Waals surface area contributed by atoms with Gasteiger partial charge in [-0.25, -0.2) is 9.97 Å². The standard InChI is InChI=1S/C10H9N5S/c1-15-6-11-5-7(15)9-12-10(14-13-9)8-3-2-4-16-8/h2-6H,1H3,(H,12,13,14). The number of nitrogens with one attached hydrogen (secondary N) is 1. The van der Waals surface area contributed by atoms with Crippen LogP contribution in [0.1, 0.15) is 0 Å². The summed E-state index contributed by atoms with van der Waals surface area (Å²) in [6.45, 7) is 0. The average Bonchev–Trinajstić information content (AvgIpc) is 2.96. The Morgan fingerprint density at radius 1 is 1.44 bits per heavy atom. The zero-order valence-electron chi connectivity index (χ0n) is 8.58. The van der Waals surface area contributed by atoms with Crippen molar-refractivity contribution in [2.24, 2.45) is 7.05 Å². The number of aryl methyl sites for hydroxylation is 1. The topological polar surface area (TPSA) is 59.4 Å². The van der Waals surface area contributed by atoms with Gasteiger partial charge in [-0.3, -0.25) is 5.10 Å². The summed E-state index contributed by atoms with van der Waals surface area (Å²) in [5, 5.41) is 9.13. The lowest BCUT2D eigenvalue weighted by atomic mass is 10.4. The Morgan fingerprint density at radius 2 is 2.38 bits per heavy atom. The molecule has 0 radical (unpaired) electrons. The first-order valence-electron chi connectivity index (χ1n) is 4.77. The van der Waals surface area contributed by atoms with Gasteiger partial charge >= 0.3 is 0 Å². The van der Waals surface area contributed by atoms with Crippen LogP contribution in [0.4, 0.5) is 0 Å². The first kappa shape index (κ1) is 9.29. The first-order valence-corrected chi connectivity index (χ1v) is 5.65. The minimum Gasteiger partial charge on any atom is -0.331 e. The molecule has 5 nitrogen and oxygen atoms in total. The molecule has 0 saturated heterocycles. The molecule has 0 aliphatic heterocycles. The van der Waals surface area contributed by atoms with Crippen molar-refractivity contribution in [1.82, 2.24) is 24.7 Å². The zero-order valence-corrected chi connectivity index (χ0v) is 9.40. The maximum atomic E-state index is 4.44. The molecule has 3 heterocycles. The van der Waals surface area contributed by atoms with Crippen molar-refractivity contribution in [2.45, 2.75) is 0 Å². The number of imidazole rings is 1. The van der Waals surface area contributed by atoms with Gasteiger partial charge in [-0.1, -0.05) is 6.07 Å². The van der Waals surface area contributed by atoms with Gasteiger partial charge in [0, 0.05) is 7.05 Å². The zero-order chi connectivity index (χ0) is 11.0. The molecule has 0 fully saturated rings. The van der Waals surface area contributed by atoms with E-state index in [1.165, 1.54) is 0 Å². The van der Waals surface area contributed by atoms with Gasteiger partial charge in [0.05, 0.1) is 17.4 Å². The molecule has 0 amide bonds. The first-order chi connectivity index (χ1) is 7.84. The number of H-pyrrole nitrogens is 1. The summed E-state index contributed by atoms with van der Waals surface area (Å²) in [5.41, 5.74) is 0.902. The molecule has 0 spiro atoms. The Morgan fingerprint density at radius 3 is 3.06 bits per heavy atom. The summed E-state index contributed by atoms with van der Waals surface area (Å²) < 4.78 is 1.89. The maximum absolute atomic E-state index is 4.44. The van der Waals surface area contributed by atoms with Crippen molar-refractivity contribution in [3.05, 3.63) is 30.0 Å². The van der Waals surface area contributed by atoms with Crippen LogP contribution < -0.4 is 0 Å². The lowest BCUT2D eigenvalue weighted by molar-refractivity contribution is 0.909. The Kier molecular flexibility index (Phi) is 2.07. The van der Waals surface area contributed by atoms with Crippen molar-refractivity contribution in [3.63, 3.8) is 0 Å². The van der Waals surface area contributed by atoms with Gasteiger partial charge < -0.3 is 4.57 Å². The highest BCUT2D eigenvalue weighted by atomic mass is 32.1. The number of thiophene rings is 1. The number of nitrogens with zero attached hydrogens (tertiary/aromatic N) is 4. The number of aromatic nitrogens is 5. The summed E-state index contributed by atoms with van der Waals surface area (Å²) in [6, 6.07) is 4.00. The molecule has 0 saturated carbocycles. The molecule has 0 aliphatic carbocycles. The third-order valence-electron chi connectivity index (χ3n) is 2.29. The summed E-state index contributed by atoms with van der Waals surface area (Å²) in [5.74, 6) is 1.47. The molecule has 3 aromatic rings. The third kappa shape index (κ3) is 1.43. The quantitative estimate of drug-likeness (QED) is 0.733. The Bertz CT molecular complexity index is 592. The van der Waals surface area contributed by atoms with Crippen LogP contribution in [0.15, 0.2) is 30.0 Å². The van der Waals surface area contributed by atoms with E-state index in [4.69, 9.17) is 0 Å². The fourth-order valence-electron chi connectivity index (χ4n) is 1.47. The Balaban J connectivity index is 2.03. The van der Waals surface area contributed by atoms with Crippen LogP contribution in [-0.4, -0.2) is 24.7 Å². The van der Waals surface area contributed by atoms with Crippen LogP contribution >= 0.6 is 11.3 Å². The van der Waals surface area contributed by atoms with E-state index in [0.29, 0.717) is 5.82 Å². The lowest BCUT2D eigenvalue weighted by Crippen LogP contribution is -1.90. The van der Waals surface area contributed by atoms with Gasteiger partial charge in [0.1, 0.15) is 5.69 Å². The highest BCUT2D eigenvalue weighted by Crippen LogP contribution is 2.22. The van der Waals surface area contributed by atoms with E-state index in [0.717, 1.165) is 16.4 Å². The molecular formula is C10H9N5S. The molecule has 80 valence electrons. The molecule has 3 aromatic heterocycles. The van der Waals surface area contributed by atoms with Crippen LogP contribution in [0.25, 0.3) is 22.2 Å². The number of aromatic amines is 1. The van der Waals surface area contributed by atoms with Crippen LogP contribution in [0, 0.1) is 0 Å². The summed E-state index contributed by atoms with van der Waals surface area (Å²) in [6.07, 6.45) is 3.48. The van der Waals surface area contributed by atoms with Crippen molar-refractivity contribution in [2.75, 3.05) is 0 Å². The van der Waals surface area contributed by atoms with E-state index < -0.39 is 0 Å². The minimum atomic E-state index is 0.670. The van der Waals surface area contributed by atoms with E-state index in [-0.39, 0.29) is 0 Å². The second-order valence-corrected chi connectivity index (χ2v) is 4.32. The van der Waals surface area contributed by atoms with Crippen LogP contribution in [0.2, 0.25) is 0 Å². The molecule has 0 bridgehead atoms. The van der Waals surface area contributed by atoms with Crippen LogP contribution in [-0.2, 0) is 7.05 Å². The van der Waals surface area contributed by atoms with E-state index in [1.54, 1.807) is 23.9 Å². The molecule has 0 unspecified atom stereocenters. The van der Waals surface area contributed by atoms with E-state index >= 15 is 0 Å². The molecule has 0 atom stereocenters. The predicted octanol–water partition coefficient (Wildman–Crippen LogP) is 1.93. The van der Waals surface area contributed by atoms with Crippen molar-refractivity contribution < 1.29 is 0 Å². The van der Waals surface area contributed by atoms with Gasteiger partial charge in [-0.15, -0.1) is 11.3 Å². The van der Waals surface area contributed by atoms with Gasteiger partial charge in [0.25, 0.3) is 0 Å². The SMILES string of the molecule is Cn1cncc1-c1n[nH]c(-c2cccs2)n1. The van der Waals surface area contributed by atoms with Gasteiger partial charge in [0.2, 0.25) is 0 Å². The molecule has 1 N–H and O–H groups in total. The lowest BCUT2D eigenvalue weighted by Gasteiger charge is -1.93.